The summed E-state index contributed by atoms with van der Waals surface area (Å²) in [5.41, 5.74) is 0.595. The molecular formula is C16H24BrN3O2. The van der Waals surface area contributed by atoms with E-state index >= 15 is 0 Å². The summed E-state index contributed by atoms with van der Waals surface area (Å²) in [7, 11) is 0. The Hall–Kier alpha value is -1.14. The molecule has 0 spiro atoms. The maximum Gasteiger partial charge on any atom is 0.410 e. The van der Waals surface area contributed by atoms with E-state index in [9.17, 15) is 4.79 Å². The lowest BCUT2D eigenvalue weighted by Crippen LogP contribution is -2.46. The number of rotatable bonds is 3. The largest absolute Gasteiger partial charge is 0.444 e. The lowest BCUT2D eigenvalue weighted by Gasteiger charge is -2.33. The van der Waals surface area contributed by atoms with Crippen molar-refractivity contribution in [3.05, 3.63) is 28.5 Å². The van der Waals surface area contributed by atoms with Crippen LogP contribution in [-0.2, 0) is 11.3 Å². The molecule has 1 aliphatic heterocycles. The maximum absolute atomic E-state index is 12.0. The molecule has 1 aromatic rings. The molecule has 6 heteroatoms. The van der Waals surface area contributed by atoms with Crippen LogP contribution in [0.15, 0.2) is 22.8 Å². The van der Waals surface area contributed by atoms with Crippen molar-refractivity contribution in [2.75, 3.05) is 13.1 Å². The van der Waals surface area contributed by atoms with Gasteiger partial charge >= 0.3 is 6.09 Å². The Morgan fingerprint density at radius 1 is 1.41 bits per heavy atom. The van der Waals surface area contributed by atoms with Crippen LogP contribution in [0.3, 0.4) is 0 Å². The number of carbonyl (C=O) groups is 1. The lowest BCUT2D eigenvalue weighted by atomic mass is 10.1. The number of ether oxygens (including phenoxy) is 1. The molecule has 0 aromatic carbocycles. The van der Waals surface area contributed by atoms with E-state index in [0.717, 1.165) is 42.6 Å². The van der Waals surface area contributed by atoms with E-state index in [2.05, 4.69) is 26.2 Å². The summed E-state index contributed by atoms with van der Waals surface area (Å²) >= 11 is 3.38. The van der Waals surface area contributed by atoms with Gasteiger partial charge in [-0.25, -0.2) is 4.79 Å². The summed E-state index contributed by atoms with van der Waals surface area (Å²) in [5, 5.41) is 3.51. The van der Waals surface area contributed by atoms with Crippen LogP contribution in [0.1, 0.15) is 39.3 Å². The molecule has 122 valence electrons. The van der Waals surface area contributed by atoms with Crippen molar-refractivity contribution in [1.82, 2.24) is 15.2 Å². The topological polar surface area (TPSA) is 54.5 Å². The first-order chi connectivity index (χ1) is 10.3. The van der Waals surface area contributed by atoms with Crippen LogP contribution in [0.2, 0.25) is 0 Å². The van der Waals surface area contributed by atoms with Crippen molar-refractivity contribution in [1.29, 1.82) is 0 Å². The Kier molecular flexibility index (Phi) is 5.81. The first-order valence-corrected chi connectivity index (χ1v) is 8.44. The molecule has 1 aromatic heterocycles. The minimum Gasteiger partial charge on any atom is -0.444 e. The zero-order chi connectivity index (χ0) is 16.2. The van der Waals surface area contributed by atoms with E-state index in [1.54, 1.807) is 4.90 Å². The number of amides is 1. The van der Waals surface area contributed by atoms with Gasteiger partial charge in [-0.3, -0.25) is 4.98 Å². The molecule has 1 saturated heterocycles. The van der Waals surface area contributed by atoms with Gasteiger partial charge in [0.05, 0.1) is 5.69 Å². The second kappa shape index (κ2) is 7.42. The van der Waals surface area contributed by atoms with Gasteiger partial charge in [0.1, 0.15) is 5.60 Å². The number of aromatic nitrogens is 1. The van der Waals surface area contributed by atoms with Crippen LogP contribution in [0.4, 0.5) is 4.79 Å². The Morgan fingerprint density at radius 3 is 2.64 bits per heavy atom. The minimum atomic E-state index is -0.431. The van der Waals surface area contributed by atoms with Crippen molar-refractivity contribution in [3.8, 4) is 0 Å². The average molecular weight is 370 g/mol. The monoisotopic (exact) mass is 369 g/mol. The second-order valence-corrected chi connectivity index (χ2v) is 7.51. The lowest BCUT2D eigenvalue weighted by molar-refractivity contribution is 0.0198. The molecule has 0 radical (unpaired) electrons. The third-order valence-electron chi connectivity index (χ3n) is 3.51. The number of nitrogens with zero attached hydrogens (tertiary/aromatic N) is 2. The van der Waals surface area contributed by atoms with Gasteiger partial charge in [-0.1, -0.05) is 0 Å². The predicted octanol–water partition coefficient (Wildman–Crippen LogP) is 3.33. The summed E-state index contributed by atoms with van der Waals surface area (Å²) in [4.78, 5) is 18.1. The molecule has 1 aliphatic rings. The van der Waals surface area contributed by atoms with E-state index in [0.29, 0.717) is 6.04 Å². The van der Waals surface area contributed by atoms with E-state index in [-0.39, 0.29) is 6.09 Å². The first kappa shape index (κ1) is 17.2. The first-order valence-electron chi connectivity index (χ1n) is 7.65. The third kappa shape index (κ3) is 5.57. The molecule has 5 nitrogen and oxygen atoms in total. The van der Waals surface area contributed by atoms with Gasteiger partial charge in [-0.2, -0.15) is 0 Å². The SMILES string of the molecule is CC(C)(C)OC(=O)N1CCC(NCc2ccc(Br)cn2)CC1. The molecule has 0 saturated carbocycles. The van der Waals surface area contributed by atoms with Crippen LogP contribution >= 0.6 is 15.9 Å². The van der Waals surface area contributed by atoms with Gasteiger partial charge in [0, 0.05) is 36.3 Å². The van der Waals surface area contributed by atoms with E-state index in [1.807, 2.05) is 39.1 Å². The molecule has 1 amide bonds. The number of hydrogen-bond donors (Lipinski definition) is 1. The number of piperidine rings is 1. The average Bonchev–Trinajstić information content (AvgIpc) is 2.45. The molecule has 22 heavy (non-hydrogen) atoms. The highest BCUT2D eigenvalue weighted by Gasteiger charge is 2.26. The molecule has 1 fully saturated rings. The van der Waals surface area contributed by atoms with Crippen LogP contribution in [0, 0.1) is 0 Å². The fourth-order valence-corrected chi connectivity index (χ4v) is 2.59. The molecule has 0 aliphatic carbocycles. The molecule has 1 N–H and O–H groups in total. The summed E-state index contributed by atoms with van der Waals surface area (Å²) in [6.45, 7) is 7.91. The van der Waals surface area contributed by atoms with Crippen LogP contribution < -0.4 is 5.32 Å². The highest BCUT2D eigenvalue weighted by Crippen LogP contribution is 2.16. The number of hydrogen-bond acceptors (Lipinski definition) is 4. The summed E-state index contributed by atoms with van der Waals surface area (Å²) in [6.07, 6.45) is 3.48. The van der Waals surface area contributed by atoms with Crippen LogP contribution in [-0.4, -0.2) is 40.7 Å². The van der Waals surface area contributed by atoms with Crippen LogP contribution in [0.5, 0.6) is 0 Å². The summed E-state index contributed by atoms with van der Waals surface area (Å²) in [5.74, 6) is 0. The molecule has 0 unspecified atom stereocenters. The Balaban J connectivity index is 1.73. The molecule has 0 atom stereocenters. The van der Waals surface area contributed by atoms with Crippen molar-refractivity contribution in [3.63, 3.8) is 0 Å². The fraction of sp³-hybridized carbons (Fsp3) is 0.625. The zero-order valence-corrected chi connectivity index (χ0v) is 15.0. The summed E-state index contributed by atoms with van der Waals surface area (Å²) in [6, 6.07) is 4.42. The maximum atomic E-state index is 12.0. The third-order valence-corrected chi connectivity index (χ3v) is 3.98. The van der Waals surface area contributed by atoms with Crippen molar-refractivity contribution in [2.24, 2.45) is 0 Å². The molecule has 0 bridgehead atoms. The second-order valence-electron chi connectivity index (χ2n) is 6.59. The number of nitrogens with one attached hydrogen (secondary N) is 1. The number of likely N-dealkylation sites (tertiary alicyclic amines) is 1. The molecular weight excluding hydrogens is 346 g/mol. The summed E-state index contributed by atoms with van der Waals surface area (Å²) < 4.78 is 6.39. The Bertz CT molecular complexity index is 491. The molecule has 2 rings (SSSR count). The standard InChI is InChI=1S/C16H24BrN3O2/c1-16(2,3)22-15(21)20-8-6-13(7-9-20)19-11-14-5-4-12(17)10-18-14/h4-5,10,13,19H,6-9,11H2,1-3H3. The highest BCUT2D eigenvalue weighted by molar-refractivity contribution is 9.10. The van der Waals surface area contributed by atoms with Gasteiger partial charge in [0.25, 0.3) is 0 Å². The predicted molar refractivity (Wildman–Crippen MR) is 89.6 cm³/mol. The zero-order valence-electron chi connectivity index (χ0n) is 13.4. The fourth-order valence-electron chi connectivity index (χ4n) is 2.35. The van der Waals surface area contributed by atoms with Gasteiger partial charge in [0.2, 0.25) is 0 Å². The number of carbonyl (C=O) groups excluding carboxylic acids is 1. The minimum absolute atomic E-state index is 0.208. The van der Waals surface area contributed by atoms with Crippen molar-refractivity contribution >= 4 is 22.0 Å². The van der Waals surface area contributed by atoms with Gasteiger partial charge < -0.3 is 15.0 Å². The van der Waals surface area contributed by atoms with E-state index in [1.165, 1.54) is 0 Å². The Labute approximate surface area is 140 Å². The van der Waals surface area contributed by atoms with E-state index < -0.39 is 5.60 Å². The van der Waals surface area contributed by atoms with Crippen LogP contribution in [0.25, 0.3) is 0 Å². The van der Waals surface area contributed by atoms with Gasteiger partial charge in [-0.05, 0) is 61.7 Å². The van der Waals surface area contributed by atoms with Crippen molar-refractivity contribution < 1.29 is 9.53 Å². The van der Waals surface area contributed by atoms with E-state index in [4.69, 9.17) is 4.74 Å². The Morgan fingerprint density at radius 2 is 2.09 bits per heavy atom. The van der Waals surface area contributed by atoms with Crippen molar-refractivity contribution in [2.45, 2.75) is 51.8 Å². The normalized spacial score (nSPS) is 16.6. The number of pyridine rings is 1. The smallest absolute Gasteiger partial charge is 0.410 e. The number of halogens is 1. The highest BCUT2D eigenvalue weighted by atomic mass is 79.9. The molecule has 2 heterocycles. The van der Waals surface area contributed by atoms with Gasteiger partial charge in [-0.15, -0.1) is 0 Å². The van der Waals surface area contributed by atoms with Gasteiger partial charge in [0.15, 0.2) is 0 Å². The quantitative estimate of drug-likeness (QED) is 0.887.